The number of methoxy groups -OCH3 is 1. The van der Waals surface area contributed by atoms with Crippen molar-refractivity contribution in [3.8, 4) is 5.75 Å². The van der Waals surface area contributed by atoms with E-state index in [9.17, 15) is 9.18 Å². The maximum atomic E-state index is 13.5. The van der Waals surface area contributed by atoms with Crippen LogP contribution in [0.3, 0.4) is 0 Å². The third-order valence-corrected chi connectivity index (χ3v) is 4.30. The van der Waals surface area contributed by atoms with Crippen LogP contribution in [0.1, 0.15) is 24.1 Å². The van der Waals surface area contributed by atoms with Crippen LogP contribution in [0.4, 0.5) is 4.39 Å². The minimum atomic E-state index is -0.317. The van der Waals surface area contributed by atoms with E-state index in [0.29, 0.717) is 5.56 Å². The Morgan fingerprint density at radius 1 is 1.29 bits per heavy atom. The summed E-state index contributed by atoms with van der Waals surface area (Å²) in [5.74, 6) is 0.258. The van der Waals surface area contributed by atoms with Crippen LogP contribution < -0.4 is 15.4 Å². The van der Waals surface area contributed by atoms with Crippen molar-refractivity contribution in [3.63, 3.8) is 0 Å². The molecule has 4 nitrogen and oxygen atoms in total. The van der Waals surface area contributed by atoms with Gasteiger partial charge in [0.15, 0.2) is 0 Å². The molecule has 0 aromatic heterocycles. The van der Waals surface area contributed by atoms with Gasteiger partial charge in [0.05, 0.1) is 18.1 Å². The van der Waals surface area contributed by atoms with Gasteiger partial charge in [-0.25, -0.2) is 4.39 Å². The van der Waals surface area contributed by atoms with E-state index in [2.05, 4.69) is 26.6 Å². The molecule has 0 saturated heterocycles. The molecule has 1 amide bonds. The number of ether oxygens (including phenoxy) is 1. The fourth-order valence-electron chi connectivity index (χ4n) is 2.21. The first-order valence-electron chi connectivity index (χ1n) is 7.58. The Labute approximate surface area is 149 Å². The Bertz CT molecular complexity index is 709. The summed E-state index contributed by atoms with van der Waals surface area (Å²) in [4.78, 5) is 11.9. The zero-order chi connectivity index (χ0) is 17.5. The summed E-state index contributed by atoms with van der Waals surface area (Å²) >= 11 is 3.45. The van der Waals surface area contributed by atoms with Crippen molar-refractivity contribution >= 4 is 21.8 Å². The lowest BCUT2D eigenvalue weighted by Crippen LogP contribution is -2.34. The number of rotatable bonds is 7. The van der Waals surface area contributed by atoms with Crippen LogP contribution in [0, 0.1) is 5.82 Å². The second kappa shape index (κ2) is 8.80. The van der Waals surface area contributed by atoms with E-state index in [1.54, 1.807) is 25.3 Å². The number of amides is 1. The molecule has 0 aliphatic heterocycles. The third kappa shape index (κ3) is 5.04. The van der Waals surface area contributed by atoms with Gasteiger partial charge in [0.1, 0.15) is 11.6 Å². The fourth-order valence-corrected chi connectivity index (χ4v) is 2.77. The summed E-state index contributed by atoms with van der Waals surface area (Å²) < 4.78 is 19.6. The Kier molecular flexibility index (Phi) is 6.75. The summed E-state index contributed by atoms with van der Waals surface area (Å²) in [6.45, 7) is 2.30. The van der Waals surface area contributed by atoms with Crippen molar-refractivity contribution < 1.29 is 13.9 Å². The quantitative estimate of drug-likeness (QED) is 0.754. The average molecular weight is 395 g/mol. The van der Waals surface area contributed by atoms with Crippen LogP contribution in [0.15, 0.2) is 46.9 Å². The molecule has 2 rings (SSSR count). The maximum absolute atomic E-state index is 13.5. The van der Waals surface area contributed by atoms with Crippen LogP contribution in [0.5, 0.6) is 5.75 Å². The number of hydrogen-bond acceptors (Lipinski definition) is 3. The van der Waals surface area contributed by atoms with Crippen molar-refractivity contribution in [1.29, 1.82) is 0 Å². The van der Waals surface area contributed by atoms with Crippen molar-refractivity contribution in [1.82, 2.24) is 10.6 Å². The Morgan fingerprint density at radius 3 is 2.71 bits per heavy atom. The van der Waals surface area contributed by atoms with E-state index >= 15 is 0 Å². The first-order valence-corrected chi connectivity index (χ1v) is 8.37. The van der Waals surface area contributed by atoms with Gasteiger partial charge in [0.25, 0.3) is 0 Å². The average Bonchev–Trinajstić information content (AvgIpc) is 2.58. The summed E-state index contributed by atoms with van der Waals surface area (Å²) in [5, 5.41) is 5.85. The van der Waals surface area contributed by atoms with Crippen molar-refractivity contribution in [2.75, 3.05) is 13.7 Å². The molecule has 0 radical (unpaired) electrons. The lowest BCUT2D eigenvalue weighted by molar-refractivity contribution is -0.120. The zero-order valence-corrected chi connectivity index (χ0v) is 15.2. The maximum Gasteiger partial charge on any atom is 0.234 e. The molecule has 1 atom stereocenters. The van der Waals surface area contributed by atoms with Crippen LogP contribution >= 0.6 is 15.9 Å². The number of nitrogens with one attached hydrogen (secondary N) is 2. The lowest BCUT2D eigenvalue weighted by atomic mass is 10.1. The van der Waals surface area contributed by atoms with Gasteiger partial charge in [-0.15, -0.1) is 0 Å². The Hall–Kier alpha value is -1.92. The monoisotopic (exact) mass is 394 g/mol. The van der Waals surface area contributed by atoms with E-state index in [0.717, 1.165) is 15.8 Å². The normalized spacial score (nSPS) is 11.8. The highest BCUT2D eigenvalue weighted by molar-refractivity contribution is 9.10. The highest BCUT2D eigenvalue weighted by Gasteiger charge is 2.10. The van der Waals surface area contributed by atoms with Gasteiger partial charge < -0.3 is 15.4 Å². The van der Waals surface area contributed by atoms with E-state index in [-0.39, 0.29) is 30.9 Å². The summed E-state index contributed by atoms with van der Waals surface area (Å²) in [6.07, 6.45) is 0. The molecular weight excluding hydrogens is 375 g/mol. The number of carbonyl (C=O) groups excluding carboxylic acids is 1. The van der Waals surface area contributed by atoms with Gasteiger partial charge in [-0.05, 0) is 46.6 Å². The largest absolute Gasteiger partial charge is 0.496 e. The zero-order valence-electron chi connectivity index (χ0n) is 13.6. The summed E-state index contributed by atoms with van der Waals surface area (Å²) in [5.41, 5.74) is 1.50. The first kappa shape index (κ1) is 18.4. The standard InChI is InChI=1S/C18H20BrFN2O2/c1-12(13-7-8-17(24-2)15(19)9-13)21-11-18(23)22-10-14-5-3-4-6-16(14)20/h3-9,12,21H,10-11H2,1-2H3,(H,22,23)/t12-/m1/s1. The van der Waals surface area contributed by atoms with Crippen LogP contribution in [-0.4, -0.2) is 19.6 Å². The second-order valence-corrected chi connectivity index (χ2v) is 6.22. The molecule has 0 heterocycles. The van der Waals surface area contributed by atoms with E-state index in [1.165, 1.54) is 6.07 Å². The molecule has 0 bridgehead atoms. The molecular formula is C18H20BrFN2O2. The van der Waals surface area contributed by atoms with Gasteiger partial charge in [-0.1, -0.05) is 24.3 Å². The van der Waals surface area contributed by atoms with Crippen LogP contribution in [-0.2, 0) is 11.3 Å². The highest BCUT2D eigenvalue weighted by atomic mass is 79.9. The van der Waals surface area contributed by atoms with Gasteiger partial charge in [0.2, 0.25) is 5.91 Å². The van der Waals surface area contributed by atoms with Crippen molar-refractivity contribution in [2.45, 2.75) is 19.5 Å². The van der Waals surface area contributed by atoms with Crippen molar-refractivity contribution in [2.24, 2.45) is 0 Å². The Balaban J connectivity index is 1.83. The molecule has 0 fully saturated rings. The van der Waals surface area contributed by atoms with Gasteiger partial charge in [-0.2, -0.15) is 0 Å². The topological polar surface area (TPSA) is 50.4 Å². The highest BCUT2D eigenvalue weighted by Crippen LogP contribution is 2.27. The minimum absolute atomic E-state index is 0.00795. The molecule has 24 heavy (non-hydrogen) atoms. The smallest absolute Gasteiger partial charge is 0.234 e. The predicted molar refractivity (Wildman–Crippen MR) is 95.4 cm³/mol. The molecule has 0 saturated carbocycles. The van der Waals surface area contributed by atoms with Crippen LogP contribution in [0.2, 0.25) is 0 Å². The first-order chi connectivity index (χ1) is 11.5. The van der Waals surface area contributed by atoms with Gasteiger partial charge in [-0.3, -0.25) is 4.79 Å². The van der Waals surface area contributed by atoms with Crippen molar-refractivity contribution in [3.05, 3.63) is 63.9 Å². The molecule has 2 aromatic carbocycles. The molecule has 0 aliphatic rings. The summed E-state index contributed by atoms with van der Waals surface area (Å²) in [6, 6.07) is 12.2. The second-order valence-electron chi connectivity index (χ2n) is 5.36. The third-order valence-electron chi connectivity index (χ3n) is 3.68. The van der Waals surface area contributed by atoms with E-state index < -0.39 is 0 Å². The molecule has 6 heteroatoms. The van der Waals surface area contributed by atoms with E-state index in [4.69, 9.17) is 4.74 Å². The number of benzene rings is 2. The fraction of sp³-hybridized carbons (Fsp3) is 0.278. The number of carbonyl (C=O) groups is 1. The SMILES string of the molecule is COc1ccc([C@@H](C)NCC(=O)NCc2ccccc2F)cc1Br. The number of hydrogen-bond donors (Lipinski definition) is 2. The molecule has 0 unspecified atom stereocenters. The predicted octanol–water partition coefficient (Wildman–Crippen LogP) is 3.56. The molecule has 128 valence electrons. The lowest BCUT2D eigenvalue weighted by Gasteiger charge is -2.15. The Morgan fingerprint density at radius 2 is 2.04 bits per heavy atom. The van der Waals surface area contributed by atoms with E-state index in [1.807, 2.05) is 25.1 Å². The van der Waals surface area contributed by atoms with Gasteiger partial charge in [0, 0.05) is 18.2 Å². The van der Waals surface area contributed by atoms with Crippen LogP contribution in [0.25, 0.3) is 0 Å². The molecule has 0 spiro atoms. The molecule has 2 N–H and O–H groups in total. The molecule has 0 aliphatic carbocycles. The summed E-state index contributed by atoms with van der Waals surface area (Å²) in [7, 11) is 1.61. The molecule has 2 aromatic rings. The van der Waals surface area contributed by atoms with Gasteiger partial charge >= 0.3 is 0 Å². The minimum Gasteiger partial charge on any atom is -0.496 e. The number of halogens is 2.